The van der Waals surface area contributed by atoms with Crippen LogP contribution in [-0.4, -0.2) is 11.1 Å². The van der Waals surface area contributed by atoms with E-state index in [1.165, 1.54) is 0 Å². The maximum Gasteiger partial charge on any atom is 0.294 e. The van der Waals surface area contributed by atoms with Crippen LogP contribution in [0.2, 0.25) is 0 Å². The molecule has 2 aromatic rings. The van der Waals surface area contributed by atoms with E-state index in [0.29, 0.717) is 5.69 Å². The summed E-state index contributed by atoms with van der Waals surface area (Å²) in [4.78, 5) is 12.0. The number of anilines is 1. The fourth-order valence-corrected chi connectivity index (χ4v) is 1.85. The van der Waals surface area contributed by atoms with Gasteiger partial charge >= 0.3 is 0 Å². The molecule has 0 radical (unpaired) electrons. The Bertz CT molecular complexity index is 573. The smallest absolute Gasteiger partial charge is 0.294 e. The lowest BCUT2D eigenvalue weighted by molar-refractivity contribution is 0.0987. The minimum absolute atomic E-state index is 0.234. The number of carbonyl (C=O) groups excluding carboxylic acids is 1. The van der Waals surface area contributed by atoms with Gasteiger partial charge < -0.3 is 9.84 Å². The first kappa shape index (κ1) is 12.4. The molecule has 0 fully saturated rings. The van der Waals surface area contributed by atoms with Gasteiger partial charge in [-0.1, -0.05) is 30.3 Å². The van der Waals surface area contributed by atoms with Crippen LogP contribution in [0.25, 0.3) is 0 Å². The highest BCUT2D eigenvalue weighted by molar-refractivity contribution is 6.03. The molecule has 1 aromatic carbocycles. The number of benzene rings is 1. The Morgan fingerprint density at radius 3 is 2.78 bits per heavy atom. The average Bonchev–Trinajstić information content (AvgIpc) is 2.78. The van der Waals surface area contributed by atoms with Crippen molar-refractivity contribution in [3.8, 4) is 0 Å². The van der Waals surface area contributed by atoms with Gasteiger partial charge in [-0.05, 0) is 31.4 Å². The van der Waals surface area contributed by atoms with Crippen LogP contribution in [0.3, 0.4) is 0 Å². The largest absolute Gasteiger partial charge is 0.351 e. The van der Waals surface area contributed by atoms with Crippen LogP contribution in [0.5, 0.6) is 0 Å². The second kappa shape index (κ2) is 5.04. The van der Waals surface area contributed by atoms with Gasteiger partial charge in [0.2, 0.25) is 5.76 Å². The molecular weight excluding hydrogens is 228 g/mol. The molecule has 0 saturated carbocycles. The first-order chi connectivity index (χ1) is 8.61. The zero-order chi connectivity index (χ0) is 13.1. The number of aryl methyl sites for hydroxylation is 3. The predicted molar refractivity (Wildman–Crippen MR) is 69.8 cm³/mol. The number of hydrogen-bond acceptors (Lipinski definition) is 3. The molecule has 0 saturated heterocycles. The van der Waals surface area contributed by atoms with Gasteiger partial charge in [0.1, 0.15) is 0 Å². The monoisotopic (exact) mass is 244 g/mol. The minimum atomic E-state index is -0.264. The zero-order valence-electron chi connectivity index (χ0n) is 10.8. The van der Waals surface area contributed by atoms with E-state index in [4.69, 9.17) is 4.52 Å². The van der Waals surface area contributed by atoms with Gasteiger partial charge in [-0.2, -0.15) is 0 Å². The van der Waals surface area contributed by atoms with Crippen molar-refractivity contribution in [1.29, 1.82) is 0 Å². The first-order valence-electron chi connectivity index (χ1n) is 5.95. The summed E-state index contributed by atoms with van der Waals surface area (Å²) < 4.78 is 4.95. The molecule has 0 aliphatic carbocycles. The summed E-state index contributed by atoms with van der Waals surface area (Å²) in [5.74, 6) is -0.0302. The molecule has 0 aliphatic rings. The lowest BCUT2D eigenvalue weighted by atomic mass is 10.1. The number of carbonyl (C=O) groups is 1. The molecule has 94 valence electrons. The summed E-state index contributed by atoms with van der Waals surface area (Å²) in [5.41, 5.74) is 3.71. The Hall–Kier alpha value is -2.10. The fourth-order valence-electron chi connectivity index (χ4n) is 1.85. The maximum atomic E-state index is 12.0. The van der Waals surface area contributed by atoms with Crippen molar-refractivity contribution in [3.63, 3.8) is 0 Å². The third kappa shape index (κ3) is 2.42. The summed E-state index contributed by atoms with van der Waals surface area (Å²) in [6, 6.07) is 7.59. The van der Waals surface area contributed by atoms with Gasteiger partial charge in [-0.15, -0.1) is 0 Å². The lowest BCUT2D eigenvalue weighted by Crippen LogP contribution is -2.13. The molecule has 1 amide bonds. The van der Waals surface area contributed by atoms with E-state index in [1.807, 2.05) is 25.1 Å². The quantitative estimate of drug-likeness (QED) is 0.902. The molecule has 2 rings (SSSR count). The van der Waals surface area contributed by atoms with E-state index in [-0.39, 0.29) is 11.7 Å². The maximum absolute atomic E-state index is 12.0. The van der Waals surface area contributed by atoms with Crippen molar-refractivity contribution >= 4 is 11.6 Å². The van der Waals surface area contributed by atoms with Crippen molar-refractivity contribution < 1.29 is 9.32 Å². The van der Waals surface area contributed by atoms with Crippen molar-refractivity contribution in [2.75, 3.05) is 5.32 Å². The summed E-state index contributed by atoms with van der Waals surface area (Å²) in [7, 11) is 0. The van der Waals surface area contributed by atoms with E-state index >= 15 is 0 Å². The van der Waals surface area contributed by atoms with E-state index in [9.17, 15) is 4.79 Å². The second-order valence-corrected chi connectivity index (χ2v) is 4.25. The summed E-state index contributed by atoms with van der Waals surface area (Å²) >= 11 is 0. The Labute approximate surface area is 106 Å². The van der Waals surface area contributed by atoms with E-state index in [0.717, 1.165) is 23.2 Å². The van der Waals surface area contributed by atoms with Crippen LogP contribution in [0.4, 0.5) is 5.69 Å². The lowest BCUT2D eigenvalue weighted by Gasteiger charge is -2.11. The Balaban J connectivity index is 2.26. The SMILES string of the molecule is CCc1cccc(C)c1NC(=O)c1cc(C)no1. The van der Waals surface area contributed by atoms with Crippen LogP contribution < -0.4 is 5.32 Å². The molecule has 18 heavy (non-hydrogen) atoms. The number of aromatic nitrogens is 1. The summed E-state index contributed by atoms with van der Waals surface area (Å²) in [5, 5.41) is 6.60. The number of rotatable bonds is 3. The highest BCUT2D eigenvalue weighted by Gasteiger charge is 2.14. The zero-order valence-corrected chi connectivity index (χ0v) is 10.8. The molecule has 0 atom stereocenters. The Kier molecular flexibility index (Phi) is 3.46. The predicted octanol–water partition coefficient (Wildman–Crippen LogP) is 3.11. The van der Waals surface area contributed by atoms with Crippen LogP contribution in [0, 0.1) is 13.8 Å². The molecule has 4 heteroatoms. The van der Waals surface area contributed by atoms with Crippen molar-refractivity contribution in [2.45, 2.75) is 27.2 Å². The number of nitrogens with zero attached hydrogens (tertiary/aromatic N) is 1. The van der Waals surface area contributed by atoms with Gasteiger partial charge in [0.15, 0.2) is 0 Å². The van der Waals surface area contributed by atoms with Gasteiger partial charge in [0, 0.05) is 11.8 Å². The molecule has 0 aliphatic heterocycles. The van der Waals surface area contributed by atoms with Crippen molar-refractivity contribution in [1.82, 2.24) is 5.16 Å². The van der Waals surface area contributed by atoms with E-state index < -0.39 is 0 Å². The molecule has 0 unspecified atom stereocenters. The second-order valence-electron chi connectivity index (χ2n) is 4.25. The number of nitrogens with one attached hydrogen (secondary N) is 1. The van der Waals surface area contributed by atoms with Crippen LogP contribution >= 0.6 is 0 Å². The van der Waals surface area contributed by atoms with Crippen molar-refractivity contribution in [3.05, 3.63) is 46.8 Å². The van der Waals surface area contributed by atoms with Gasteiger partial charge in [-0.3, -0.25) is 4.79 Å². The number of hydrogen-bond donors (Lipinski definition) is 1. The molecular formula is C14H16N2O2. The average molecular weight is 244 g/mol. The third-order valence-corrected chi connectivity index (χ3v) is 2.83. The summed E-state index contributed by atoms with van der Waals surface area (Å²) in [6.07, 6.45) is 0.868. The highest BCUT2D eigenvalue weighted by Crippen LogP contribution is 2.21. The Morgan fingerprint density at radius 1 is 1.39 bits per heavy atom. The Morgan fingerprint density at radius 2 is 2.17 bits per heavy atom. The summed E-state index contributed by atoms with van der Waals surface area (Å²) in [6.45, 7) is 5.81. The number of para-hydroxylation sites is 1. The van der Waals surface area contributed by atoms with Crippen LogP contribution in [0.15, 0.2) is 28.8 Å². The van der Waals surface area contributed by atoms with Gasteiger partial charge in [0.25, 0.3) is 5.91 Å². The van der Waals surface area contributed by atoms with Gasteiger partial charge in [-0.25, -0.2) is 0 Å². The fraction of sp³-hybridized carbons (Fsp3) is 0.286. The molecule has 4 nitrogen and oxygen atoms in total. The third-order valence-electron chi connectivity index (χ3n) is 2.83. The topological polar surface area (TPSA) is 55.1 Å². The first-order valence-corrected chi connectivity index (χ1v) is 5.95. The minimum Gasteiger partial charge on any atom is -0.351 e. The molecule has 1 N–H and O–H groups in total. The number of amides is 1. The van der Waals surface area contributed by atoms with Crippen LogP contribution in [0.1, 0.15) is 34.3 Å². The van der Waals surface area contributed by atoms with Crippen LogP contribution in [-0.2, 0) is 6.42 Å². The molecule has 1 heterocycles. The van der Waals surface area contributed by atoms with E-state index in [2.05, 4.69) is 17.4 Å². The molecule has 0 bridgehead atoms. The van der Waals surface area contributed by atoms with Crippen molar-refractivity contribution in [2.24, 2.45) is 0 Å². The standard InChI is InChI=1S/C14H16N2O2/c1-4-11-7-5-6-9(2)13(11)15-14(17)12-8-10(3)16-18-12/h5-8H,4H2,1-3H3,(H,15,17). The van der Waals surface area contributed by atoms with Gasteiger partial charge in [0.05, 0.1) is 5.69 Å². The highest BCUT2D eigenvalue weighted by atomic mass is 16.5. The molecule has 1 aromatic heterocycles. The van der Waals surface area contributed by atoms with E-state index in [1.54, 1.807) is 13.0 Å². The molecule has 0 spiro atoms. The normalized spacial score (nSPS) is 10.4.